The number of rotatable bonds is 2. The second kappa shape index (κ2) is 4.30. The average molecular weight is 265 g/mol. The second-order valence-corrected chi connectivity index (χ2v) is 5.17. The molecule has 4 rings (SSSR count). The lowest BCUT2D eigenvalue weighted by Crippen LogP contribution is -2.45. The van der Waals surface area contributed by atoms with E-state index in [0.29, 0.717) is 5.92 Å². The highest BCUT2D eigenvalue weighted by atomic mass is 15.3. The van der Waals surface area contributed by atoms with Crippen LogP contribution in [-0.2, 0) is 7.05 Å². The maximum atomic E-state index is 4.60. The standard InChI is InChI=1S/C15H15N5/c1-19-15-14(16-7-8-17-15)13(18-19)11-9-20(10-11)12-5-3-2-4-6-12/h2-8,11H,9-10H2,1H3. The summed E-state index contributed by atoms with van der Waals surface area (Å²) in [5.74, 6) is 0.440. The Labute approximate surface area is 116 Å². The first-order valence-electron chi connectivity index (χ1n) is 6.76. The molecule has 100 valence electrons. The van der Waals surface area contributed by atoms with Crippen LogP contribution in [0, 0.1) is 0 Å². The lowest BCUT2D eigenvalue weighted by molar-refractivity contribution is 0.509. The monoisotopic (exact) mass is 265 g/mol. The van der Waals surface area contributed by atoms with Gasteiger partial charge in [-0.15, -0.1) is 0 Å². The van der Waals surface area contributed by atoms with E-state index in [0.717, 1.165) is 29.9 Å². The Balaban J connectivity index is 1.61. The van der Waals surface area contributed by atoms with E-state index in [4.69, 9.17) is 0 Å². The molecule has 3 aromatic rings. The maximum absolute atomic E-state index is 4.60. The predicted molar refractivity (Wildman–Crippen MR) is 77.7 cm³/mol. The molecule has 5 heteroatoms. The summed E-state index contributed by atoms with van der Waals surface area (Å²) < 4.78 is 1.82. The molecule has 0 bridgehead atoms. The van der Waals surface area contributed by atoms with Crippen LogP contribution in [0.25, 0.3) is 11.2 Å². The van der Waals surface area contributed by atoms with E-state index < -0.39 is 0 Å². The molecule has 1 aliphatic heterocycles. The fourth-order valence-electron chi connectivity index (χ4n) is 2.78. The van der Waals surface area contributed by atoms with Gasteiger partial charge in [0.25, 0.3) is 0 Å². The molecule has 0 saturated carbocycles. The van der Waals surface area contributed by atoms with Crippen LogP contribution in [0.4, 0.5) is 5.69 Å². The molecule has 0 amide bonds. The molecule has 0 atom stereocenters. The van der Waals surface area contributed by atoms with Crippen molar-refractivity contribution in [1.82, 2.24) is 19.7 Å². The van der Waals surface area contributed by atoms with Crippen molar-refractivity contribution in [2.45, 2.75) is 5.92 Å². The highest BCUT2D eigenvalue weighted by Crippen LogP contribution is 2.33. The second-order valence-electron chi connectivity index (χ2n) is 5.17. The molecule has 0 N–H and O–H groups in total. The Morgan fingerprint density at radius 2 is 1.80 bits per heavy atom. The Morgan fingerprint density at radius 3 is 2.60 bits per heavy atom. The molecule has 5 nitrogen and oxygen atoms in total. The van der Waals surface area contributed by atoms with E-state index in [2.05, 4.69) is 44.2 Å². The number of anilines is 1. The zero-order valence-electron chi connectivity index (χ0n) is 11.3. The Kier molecular flexibility index (Phi) is 2.45. The van der Waals surface area contributed by atoms with Crippen molar-refractivity contribution in [3.8, 4) is 0 Å². The molecule has 2 aromatic heterocycles. The third-order valence-corrected chi connectivity index (χ3v) is 3.88. The normalized spacial score (nSPS) is 15.6. The minimum atomic E-state index is 0.440. The van der Waals surface area contributed by atoms with Gasteiger partial charge in [0, 0.05) is 44.1 Å². The van der Waals surface area contributed by atoms with E-state index in [1.165, 1.54) is 5.69 Å². The van der Waals surface area contributed by atoms with Gasteiger partial charge in [0.1, 0.15) is 5.52 Å². The molecule has 0 aliphatic carbocycles. The third-order valence-electron chi connectivity index (χ3n) is 3.88. The van der Waals surface area contributed by atoms with Crippen LogP contribution in [0.1, 0.15) is 11.6 Å². The summed E-state index contributed by atoms with van der Waals surface area (Å²) in [7, 11) is 1.92. The van der Waals surface area contributed by atoms with Crippen LogP contribution >= 0.6 is 0 Å². The van der Waals surface area contributed by atoms with Gasteiger partial charge in [-0.3, -0.25) is 0 Å². The molecule has 0 radical (unpaired) electrons. The van der Waals surface area contributed by atoms with Gasteiger partial charge in [-0.05, 0) is 12.1 Å². The van der Waals surface area contributed by atoms with E-state index in [1.807, 2.05) is 17.8 Å². The minimum absolute atomic E-state index is 0.440. The van der Waals surface area contributed by atoms with E-state index in [9.17, 15) is 0 Å². The number of aryl methyl sites for hydroxylation is 1. The summed E-state index contributed by atoms with van der Waals surface area (Å²) >= 11 is 0. The Bertz CT molecular complexity index is 743. The first-order chi connectivity index (χ1) is 9.83. The van der Waals surface area contributed by atoms with Crippen molar-refractivity contribution in [1.29, 1.82) is 0 Å². The van der Waals surface area contributed by atoms with Crippen molar-refractivity contribution in [2.75, 3.05) is 18.0 Å². The molecule has 0 spiro atoms. The Hall–Kier alpha value is -2.43. The average Bonchev–Trinajstić information content (AvgIpc) is 2.77. The molecule has 3 heterocycles. The van der Waals surface area contributed by atoms with Crippen molar-refractivity contribution >= 4 is 16.9 Å². The number of hydrogen-bond donors (Lipinski definition) is 0. The van der Waals surface area contributed by atoms with Crippen LogP contribution in [0.2, 0.25) is 0 Å². The Morgan fingerprint density at radius 1 is 1.05 bits per heavy atom. The minimum Gasteiger partial charge on any atom is -0.370 e. The number of benzene rings is 1. The molecule has 1 aliphatic rings. The molecule has 1 fully saturated rings. The SMILES string of the molecule is Cn1nc(C2CN(c3ccccc3)C2)c2nccnc21. The van der Waals surface area contributed by atoms with E-state index >= 15 is 0 Å². The predicted octanol–water partition coefficient (Wildman–Crippen LogP) is 1.97. The number of hydrogen-bond acceptors (Lipinski definition) is 4. The first kappa shape index (κ1) is 11.4. The van der Waals surface area contributed by atoms with Gasteiger partial charge in [0.2, 0.25) is 0 Å². The molecular weight excluding hydrogens is 250 g/mol. The van der Waals surface area contributed by atoms with Gasteiger partial charge in [-0.2, -0.15) is 5.10 Å². The largest absolute Gasteiger partial charge is 0.370 e. The smallest absolute Gasteiger partial charge is 0.176 e. The zero-order valence-corrected chi connectivity index (χ0v) is 11.3. The number of aromatic nitrogens is 4. The van der Waals surface area contributed by atoms with Gasteiger partial charge >= 0.3 is 0 Å². The first-order valence-corrected chi connectivity index (χ1v) is 6.76. The molecule has 20 heavy (non-hydrogen) atoms. The van der Waals surface area contributed by atoms with Crippen LogP contribution in [0.15, 0.2) is 42.7 Å². The summed E-state index contributed by atoms with van der Waals surface area (Å²) in [4.78, 5) is 11.1. The van der Waals surface area contributed by atoms with Crippen molar-refractivity contribution < 1.29 is 0 Å². The van der Waals surface area contributed by atoms with Crippen molar-refractivity contribution in [3.63, 3.8) is 0 Å². The van der Waals surface area contributed by atoms with Crippen LogP contribution in [0.5, 0.6) is 0 Å². The fraction of sp³-hybridized carbons (Fsp3) is 0.267. The van der Waals surface area contributed by atoms with Gasteiger partial charge < -0.3 is 4.90 Å². The van der Waals surface area contributed by atoms with Crippen LogP contribution in [-0.4, -0.2) is 32.8 Å². The van der Waals surface area contributed by atoms with Crippen LogP contribution < -0.4 is 4.90 Å². The molecule has 0 unspecified atom stereocenters. The van der Waals surface area contributed by atoms with E-state index in [-0.39, 0.29) is 0 Å². The van der Waals surface area contributed by atoms with Gasteiger partial charge in [-0.25, -0.2) is 14.6 Å². The number of fused-ring (bicyclic) bond motifs is 1. The highest BCUT2D eigenvalue weighted by molar-refractivity contribution is 5.74. The van der Waals surface area contributed by atoms with Crippen LogP contribution in [0.3, 0.4) is 0 Å². The lowest BCUT2D eigenvalue weighted by atomic mass is 9.95. The molecule has 1 saturated heterocycles. The summed E-state index contributed by atoms with van der Waals surface area (Å²) in [5.41, 5.74) is 4.14. The number of nitrogens with zero attached hydrogens (tertiary/aromatic N) is 5. The van der Waals surface area contributed by atoms with Gasteiger partial charge in [0.05, 0.1) is 5.69 Å². The third kappa shape index (κ3) is 1.66. The summed E-state index contributed by atoms with van der Waals surface area (Å²) in [5, 5.41) is 4.60. The molecule has 1 aromatic carbocycles. The van der Waals surface area contributed by atoms with Crippen molar-refractivity contribution in [3.05, 3.63) is 48.4 Å². The zero-order chi connectivity index (χ0) is 13.5. The topological polar surface area (TPSA) is 46.8 Å². The van der Waals surface area contributed by atoms with Gasteiger partial charge in [-0.1, -0.05) is 18.2 Å². The summed E-state index contributed by atoms with van der Waals surface area (Å²) in [6.07, 6.45) is 3.45. The summed E-state index contributed by atoms with van der Waals surface area (Å²) in [6, 6.07) is 10.5. The van der Waals surface area contributed by atoms with Crippen molar-refractivity contribution in [2.24, 2.45) is 7.05 Å². The van der Waals surface area contributed by atoms with Gasteiger partial charge in [0.15, 0.2) is 5.65 Å². The quantitative estimate of drug-likeness (QED) is 0.710. The highest BCUT2D eigenvalue weighted by Gasteiger charge is 2.32. The molecular formula is C15H15N5. The fourth-order valence-corrected chi connectivity index (χ4v) is 2.78. The number of para-hydroxylation sites is 1. The lowest BCUT2D eigenvalue weighted by Gasteiger charge is -2.40. The van der Waals surface area contributed by atoms with E-state index in [1.54, 1.807) is 12.4 Å². The summed E-state index contributed by atoms with van der Waals surface area (Å²) in [6.45, 7) is 1.99. The maximum Gasteiger partial charge on any atom is 0.176 e.